The number of aromatic nitrogens is 5. The van der Waals surface area contributed by atoms with E-state index in [1.165, 1.54) is 0 Å². The summed E-state index contributed by atoms with van der Waals surface area (Å²) >= 11 is 0. The van der Waals surface area contributed by atoms with Gasteiger partial charge in [-0.05, 0) is 29.7 Å². The van der Waals surface area contributed by atoms with Crippen LogP contribution in [0, 0.1) is 0 Å². The lowest BCUT2D eigenvalue weighted by molar-refractivity contribution is -0.890. The molecule has 9 heteroatoms. The van der Waals surface area contributed by atoms with E-state index in [1.807, 2.05) is 43.6 Å². The number of likely N-dealkylation sites (N-methyl/N-ethyl adjacent to an activating group) is 1. The van der Waals surface area contributed by atoms with E-state index in [0.717, 1.165) is 58.5 Å². The zero-order chi connectivity index (χ0) is 23.0. The molecule has 33 heavy (non-hydrogen) atoms. The van der Waals surface area contributed by atoms with Crippen molar-refractivity contribution >= 4 is 28.3 Å². The van der Waals surface area contributed by atoms with Crippen molar-refractivity contribution in [1.82, 2.24) is 25.0 Å². The van der Waals surface area contributed by atoms with Crippen LogP contribution in [0.1, 0.15) is 10.4 Å². The Morgan fingerprint density at radius 1 is 1.03 bits per heavy atom. The largest absolute Gasteiger partial charge is 0.345 e. The molecule has 0 radical (unpaired) electrons. The highest BCUT2D eigenvalue weighted by molar-refractivity contribution is 6.05. The van der Waals surface area contributed by atoms with Gasteiger partial charge in [-0.3, -0.25) is 9.48 Å². The van der Waals surface area contributed by atoms with Crippen LogP contribution in [0.2, 0.25) is 0 Å². The molecular weight excluding hydrogens is 416 g/mol. The predicted octanol–water partition coefficient (Wildman–Crippen LogP) is 2.57. The van der Waals surface area contributed by atoms with E-state index in [-0.39, 0.29) is 5.91 Å². The van der Waals surface area contributed by atoms with Gasteiger partial charge in [0.15, 0.2) is 0 Å². The van der Waals surface area contributed by atoms with Crippen molar-refractivity contribution in [2.24, 2.45) is 7.05 Å². The van der Waals surface area contributed by atoms with Gasteiger partial charge in [0, 0.05) is 36.0 Å². The fraction of sp³-hybridized carbons (Fsp3) is 0.292. The van der Waals surface area contributed by atoms with Crippen molar-refractivity contribution in [3.63, 3.8) is 0 Å². The molecule has 1 saturated heterocycles. The smallest absolute Gasteiger partial charge is 0.257 e. The molecule has 0 aliphatic carbocycles. The van der Waals surface area contributed by atoms with Crippen LogP contribution in [0.5, 0.6) is 0 Å². The molecule has 5 rings (SSSR count). The number of aryl methyl sites for hydroxylation is 1. The molecule has 4 aromatic rings. The highest BCUT2D eigenvalue weighted by Crippen LogP contribution is 2.24. The Labute approximate surface area is 192 Å². The standard InChI is InChI=1S/C24H26N8O/c1-30-16-21(28-29-30)17-4-5-19-15-26-22(13-20(19)12-17)27-24(33)18-6-7-25-23(14-18)31-8-10-32(2,3)11-9-31/h4-7,12-16H,8-11H2,1-3H3/p+1. The Bertz CT molecular complexity index is 1320. The molecule has 9 nitrogen and oxygen atoms in total. The minimum Gasteiger partial charge on any atom is -0.345 e. The van der Waals surface area contributed by atoms with Gasteiger partial charge in [-0.1, -0.05) is 17.3 Å². The molecule has 0 atom stereocenters. The number of hydrogen-bond donors (Lipinski definition) is 1. The molecule has 1 fully saturated rings. The number of nitrogens with one attached hydrogen (secondary N) is 1. The minimum atomic E-state index is -0.205. The van der Waals surface area contributed by atoms with Crippen molar-refractivity contribution in [3.05, 3.63) is 60.6 Å². The molecule has 3 aromatic heterocycles. The Morgan fingerprint density at radius 2 is 1.85 bits per heavy atom. The zero-order valence-corrected chi connectivity index (χ0v) is 19.1. The summed E-state index contributed by atoms with van der Waals surface area (Å²) in [6.07, 6.45) is 5.32. The lowest BCUT2D eigenvalue weighted by Gasteiger charge is -2.39. The third-order valence-corrected chi connectivity index (χ3v) is 6.14. The number of hydrogen-bond acceptors (Lipinski definition) is 6. The number of pyridine rings is 2. The summed E-state index contributed by atoms with van der Waals surface area (Å²) in [6, 6.07) is 11.5. The van der Waals surface area contributed by atoms with Crippen LogP contribution in [0.3, 0.4) is 0 Å². The van der Waals surface area contributed by atoms with Gasteiger partial charge in [0.1, 0.15) is 17.3 Å². The molecule has 168 valence electrons. The number of rotatable bonds is 4. The Balaban J connectivity index is 1.34. The van der Waals surface area contributed by atoms with Crippen molar-refractivity contribution in [3.8, 4) is 11.3 Å². The molecule has 0 spiro atoms. The van der Waals surface area contributed by atoms with Crippen LogP contribution >= 0.6 is 0 Å². The normalized spacial score (nSPS) is 15.5. The second-order valence-corrected chi connectivity index (χ2v) is 9.14. The topological polar surface area (TPSA) is 88.8 Å². The SMILES string of the molecule is Cn1cc(-c2ccc3cnc(NC(=O)c4ccnc(N5CC[N+](C)(C)CC5)c4)cc3c2)nn1. The lowest BCUT2D eigenvalue weighted by Crippen LogP contribution is -2.55. The van der Waals surface area contributed by atoms with Gasteiger partial charge in [-0.25, -0.2) is 9.97 Å². The minimum absolute atomic E-state index is 0.205. The number of benzene rings is 1. The summed E-state index contributed by atoms with van der Waals surface area (Å²) in [4.78, 5) is 24.1. The van der Waals surface area contributed by atoms with E-state index < -0.39 is 0 Å². The van der Waals surface area contributed by atoms with Crippen molar-refractivity contribution in [2.45, 2.75) is 0 Å². The highest BCUT2D eigenvalue weighted by atomic mass is 16.1. The number of anilines is 2. The molecule has 1 aliphatic rings. The number of quaternary nitrogens is 1. The summed E-state index contributed by atoms with van der Waals surface area (Å²) in [7, 11) is 6.31. The molecule has 1 aromatic carbocycles. The van der Waals surface area contributed by atoms with Gasteiger partial charge in [0.25, 0.3) is 5.91 Å². The highest BCUT2D eigenvalue weighted by Gasteiger charge is 2.25. The molecular formula is C24H27N8O+. The van der Waals surface area contributed by atoms with Gasteiger partial charge in [-0.15, -0.1) is 5.10 Å². The number of nitrogens with zero attached hydrogens (tertiary/aromatic N) is 7. The van der Waals surface area contributed by atoms with Crippen LogP contribution in [0.25, 0.3) is 22.0 Å². The molecule has 0 unspecified atom stereocenters. The average molecular weight is 444 g/mol. The Morgan fingerprint density at radius 3 is 2.61 bits per heavy atom. The molecule has 1 N–H and O–H groups in total. The first-order valence-corrected chi connectivity index (χ1v) is 11.0. The van der Waals surface area contributed by atoms with Crippen LogP contribution in [0.4, 0.5) is 11.6 Å². The summed E-state index contributed by atoms with van der Waals surface area (Å²) in [6.45, 7) is 3.95. The molecule has 0 bridgehead atoms. The molecule has 4 heterocycles. The predicted molar refractivity (Wildman–Crippen MR) is 128 cm³/mol. The van der Waals surface area contributed by atoms with Crippen molar-refractivity contribution in [2.75, 3.05) is 50.5 Å². The number of amides is 1. The second kappa shape index (κ2) is 8.25. The van der Waals surface area contributed by atoms with E-state index in [9.17, 15) is 4.79 Å². The monoisotopic (exact) mass is 443 g/mol. The van der Waals surface area contributed by atoms with Crippen LogP contribution in [0.15, 0.2) is 55.0 Å². The Kier molecular flexibility index (Phi) is 5.26. The molecule has 0 saturated carbocycles. The first kappa shape index (κ1) is 21.0. The first-order chi connectivity index (χ1) is 15.9. The number of piperazine rings is 1. The number of carbonyl (C=O) groups is 1. The molecule has 1 amide bonds. The van der Waals surface area contributed by atoms with Gasteiger partial charge in [0.2, 0.25) is 0 Å². The average Bonchev–Trinajstić information content (AvgIpc) is 3.25. The maximum absolute atomic E-state index is 13.0. The van der Waals surface area contributed by atoms with E-state index in [1.54, 1.807) is 23.1 Å². The van der Waals surface area contributed by atoms with Crippen molar-refractivity contribution < 1.29 is 9.28 Å². The fourth-order valence-electron chi connectivity index (χ4n) is 4.00. The maximum Gasteiger partial charge on any atom is 0.257 e. The second-order valence-electron chi connectivity index (χ2n) is 9.14. The van der Waals surface area contributed by atoms with Crippen molar-refractivity contribution in [1.29, 1.82) is 0 Å². The Hall–Kier alpha value is -3.85. The fourth-order valence-corrected chi connectivity index (χ4v) is 4.00. The quantitative estimate of drug-likeness (QED) is 0.488. The number of carbonyl (C=O) groups excluding carboxylic acids is 1. The van der Waals surface area contributed by atoms with Gasteiger partial charge < -0.3 is 14.7 Å². The van der Waals surface area contributed by atoms with E-state index in [0.29, 0.717) is 11.4 Å². The first-order valence-electron chi connectivity index (χ1n) is 11.0. The van der Waals surface area contributed by atoms with Crippen LogP contribution < -0.4 is 10.2 Å². The van der Waals surface area contributed by atoms with Crippen LogP contribution in [-0.4, -0.2) is 75.6 Å². The van der Waals surface area contributed by atoms with Gasteiger partial charge in [0.05, 0.1) is 46.5 Å². The summed E-state index contributed by atoms with van der Waals surface area (Å²) in [5.74, 6) is 1.13. The van der Waals surface area contributed by atoms with Gasteiger partial charge >= 0.3 is 0 Å². The van der Waals surface area contributed by atoms with E-state index >= 15 is 0 Å². The van der Waals surface area contributed by atoms with Crippen LogP contribution in [-0.2, 0) is 7.05 Å². The molecule has 1 aliphatic heterocycles. The third kappa shape index (κ3) is 4.54. The summed E-state index contributed by atoms with van der Waals surface area (Å²) < 4.78 is 2.67. The van der Waals surface area contributed by atoms with Gasteiger partial charge in [-0.2, -0.15) is 0 Å². The van der Waals surface area contributed by atoms with E-state index in [2.05, 4.69) is 44.6 Å². The zero-order valence-electron chi connectivity index (χ0n) is 19.1. The lowest BCUT2D eigenvalue weighted by atomic mass is 10.1. The summed E-state index contributed by atoms with van der Waals surface area (Å²) in [5, 5.41) is 13.0. The maximum atomic E-state index is 13.0. The summed E-state index contributed by atoms with van der Waals surface area (Å²) in [5.41, 5.74) is 2.32. The third-order valence-electron chi connectivity index (χ3n) is 6.14. The number of fused-ring (bicyclic) bond motifs is 1. The van der Waals surface area contributed by atoms with E-state index in [4.69, 9.17) is 0 Å².